The Labute approximate surface area is 133 Å². The third kappa shape index (κ3) is 9.82. The van der Waals surface area contributed by atoms with Crippen molar-refractivity contribution in [3.63, 3.8) is 0 Å². The molecular formula is C16H39N3O2. The highest BCUT2D eigenvalue weighted by molar-refractivity contribution is 5.78. The number of carbonyl (C=O) groups is 1. The van der Waals surface area contributed by atoms with Gasteiger partial charge in [-0.05, 0) is 32.4 Å². The number of rotatable bonds is 8. The van der Waals surface area contributed by atoms with Gasteiger partial charge in [-0.15, -0.1) is 0 Å². The van der Waals surface area contributed by atoms with Crippen LogP contribution in [0.25, 0.3) is 0 Å². The van der Waals surface area contributed by atoms with Gasteiger partial charge in [0.05, 0.1) is 13.2 Å². The van der Waals surface area contributed by atoms with Crippen LogP contribution < -0.4 is 11.1 Å². The van der Waals surface area contributed by atoms with Gasteiger partial charge >= 0.3 is 0 Å². The molecule has 1 amide bonds. The van der Waals surface area contributed by atoms with E-state index in [1.807, 2.05) is 27.7 Å². The van der Waals surface area contributed by atoms with E-state index in [9.17, 15) is 4.79 Å². The first-order valence-corrected chi connectivity index (χ1v) is 8.46. The van der Waals surface area contributed by atoms with Crippen LogP contribution in [0.15, 0.2) is 0 Å². The fourth-order valence-corrected chi connectivity index (χ4v) is 2.08. The fraction of sp³-hybridized carbons (Fsp3) is 0.938. The molecular weight excluding hydrogens is 266 g/mol. The summed E-state index contributed by atoms with van der Waals surface area (Å²) in [5.74, 6) is 0.216. The lowest BCUT2D eigenvalue weighted by molar-refractivity contribution is -0.124. The standard InChI is InChI=1S/C14H29N3O2.C2H6.2H2/c1-3-12(2)14(18)16-6-10-19-11-9-17-7-4-13(15)5-8-17;1-2;;/h12-13H,3-11,15H2,1-2H3,(H,16,18);1-2H3;2*1H. The number of nitrogens with one attached hydrogen (secondary N) is 1. The van der Waals surface area contributed by atoms with Crippen molar-refractivity contribution in [3.8, 4) is 0 Å². The summed E-state index contributed by atoms with van der Waals surface area (Å²) >= 11 is 0. The third-order valence-corrected chi connectivity index (χ3v) is 3.79. The summed E-state index contributed by atoms with van der Waals surface area (Å²) in [5.41, 5.74) is 5.86. The Morgan fingerprint density at radius 3 is 2.57 bits per heavy atom. The zero-order valence-electron chi connectivity index (χ0n) is 14.4. The number of nitrogens with two attached hydrogens (primary N) is 1. The number of piperidine rings is 1. The van der Waals surface area contributed by atoms with Gasteiger partial charge in [-0.2, -0.15) is 0 Å². The van der Waals surface area contributed by atoms with Crippen molar-refractivity contribution in [3.05, 3.63) is 0 Å². The van der Waals surface area contributed by atoms with E-state index in [-0.39, 0.29) is 14.7 Å². The fourth-order valence-electron chi connectivity index (χ4n) is 2.08. The third-order valence-electron chi connectivity index (χ3n) is 3.79. The van der Waals surface area contributed by atoms with Crippen molar-refractivity contribution in [1.29, 1.82) is 0 Å². The van der Waals surface area contributed by atoms with Crippen LogP contribution in [0.3, 0.4) is 0 Å². The highest BCUT2D eigenvalue weighted by Gasteiger charge is 2.15. The van der Waals surface area contributed by atoms with Gasteiger partial charge in [0, 0.05) is 27.9 Å². The van der Waals surface area contributed by atoms with Crippen LogP contribution in [0.4, 0.5) is 0 Å². The first-order valence-electron chi connectivity index (χ1n) is 8.46. The van der Waals surface area contributed by atoms with Gasteiger partial charge in [-0.1, -0.05) is 27.7 Å². The number of nitrogens with zero attached hydrogens (tertiary/aromatic N) is 1. The van der Waals surface area contributed by atoms with Crippen molar-refractivity contribution < 1.29 is 12.4 Å². The topological polar surface area (TPSA) is 67.6 Å². The molecule has 0 aromatic rings. The minimum atomic E-state index is 0. The predicted octanol–water partition coefficient (Wildman–Crippen LogP) is 2.11. The Balaban J connectivity index is -0.000000960. The number of amides is 1. The second-order valence-corrected chi connectivity index (χ2v) is 5.39. The number of likely N-dealkylation sites (tertiary alicyclic amines) is 1. The molecule has 1 atom stereocenters. The zero-order chi connectivity index (χ0) is 16.1. The number of hydrogen-bond donors (Lipinski definition) is 2. The number of hydrogen-bond acceptors (Lipinski definition) is 4. The minimum absolute atomic E-state index is 0. The van der Waals surface area contributed by atoms with E-state index in [0.717, 1.165) is 45.5 Å². The monoisotopic (exact) mass is 305 g/mol. The van der Waals surface area contributed by atoms with Gasteiger partial charge in [-0.25, -0.2) is 0 Å². The maximum absolute atomic E-state index is 11.5. The number of carbonyl (C=O) groups excluding carboxylic acids is 1. The summed E-state index contributed by atoms with van der Waals surface area (Å²) in [4.78, 5) is 13.9. The second kappa shape index (κ2) is 13.0. The van der Waals surface area contributed by atoms with E-state index in [4.69, 9.17) is 10.5 Å². The Morgan fingerprint density at radius 2 is 2.00 bits per heavy atom. The Kier molecular flexibility index (Phi) is 12.6. The van der Waals surface area contributed by atoms with Crippen molar-refractivity contribution in [2.45, 2.75) is 53.0 Å². The molecule has 1 aliphatic heterocycles. The van der Waals surface area contributed by atoms with Crippen LogP contribution in [0.1, 0.15) is 49.8 Å². The first kappa shape index (κ1) is 20.3. The van der Waals surface area contributed by atoms with E-state index < -0.39 is 0 Å². The average Bonchev–Trinajstić information content (AvgIpc) is 2.53. The lowest BCUT2D eigenvalue weighted by Gasteiger charge is -2.29. The molecule has 0 radical (unpaired) electrons. The molecule has 0 spiro atoms. The smallest absolute Gasteiger partial charge is 0.222 e. The molecule has 0 aromatic heterocycles. The van der Waals surface area contributed by atoms with Crippen LogP contribution in [0.2, 0.25) is 0 Å². The molecule has 3 N–H and O–H groups in total. The van der Waals surface area contributed by atoms with E-state index in [2.05, 4.69) is 10.2 Å². The van der Waals surface area contributed by atoms with Crippen molar-refractivity contribution in [2.24, 2.45) is 11.7 Å². The van der Waals surface area contributed by atoms with Gasteiger partial charge in [0.25, 0.3) is 0 Å². The lowest BCUT2D eigenvalue weighted by atomic mass is 10.1. The summed E-state index contributed by atoms with van der Waals surface area (Å²) in [6, 6.07) is 0.382. The summed E-state index contributed by atoms with van der Waals surface area (Å²) in [6.45, 7) is 13.0. The molecule has 1 unspecified atom stereocenters. The molecule has 1 heterocycles. The summed E-state index contributed by atoms with van der Waals surface area (Å²) in [5, 5.41) is 2.88. The summed E-state index contributed by atoms with van der Waals surface area (Å²) in [7, 11) is 0. The molecule has 0 aromatic carbocycles. The van der Waals surface area contributed by atoms with Crippen LogP contribution in [-0.4, -0.2) is 56.2 Å². The predicted molar refractivity (Wildman–Crippen MR) is 92.5 cm³/mol. The number of ether oxygens (including phenoxy) is 1. The average molecular weight is 306 g/mol. The molecule has 1 fully saturated rings. The highest BCUT2D eigenvalue weighted by atomic mass is 16.5. The van der Waals surface area contributed by atoms with Gasteiger partial charge in [0.2, 0.25) is 5.91 Å². The lowest BCUT2D eigenvalue weighted by Crippen LogP contribution is -2.41. The maximum atomic E-state index is 11.5. The van der Waals surface area contributed by atoms with Gasteiger partial charge in [0.15, 0.2) is 0 Å². The van der Waals surface area contributed by atoms with Gasteiger partial charge in [0.1, 0.15) is 0 Å². The van der Waals surface area contributed by atoms with Crippen molar-refractivity contribution in [2.75, 3.05) is 39.4 Å². The van der Waals surface area contributed by atoms with E-state index in [0.29, 0.717) is 19.2 Å². The molecule has 1 rings (SSSR count). The van der Waals surface area contributed by atoms with Crippen LogP contribution >= 0.6 is 0 Å². The van der Waals surface area contributed by atoms with E-state index >= 15 is 0 Å². The molecule has 130 valence electrons. The van der Waals surface area contributed by atoms with Crippen LogP contribution in [-0.2, 0) is 9.53 Å². The molecule has 0 bridgehead atoms. The molecule has 0 saturated carbocycles. The van der Waals surface area contributed by atoms with Gasteiger partial charge < -0.3 is 20.7 Å². The summed E-state index contributed by atoms with van der Waals surface area (Å²) < 4.78 is 5.54. The largest absolute Gasteiger partial charge is 0.378 e. The molecule has 1 aliphatic rings. The minimum Gasteiger partial charge on any atom is -0.378 e. The Bertz CT molecular complexity index is 264. The maximum Gasteiger partial charge on any atom is 0.222 e. The Hall–Kier alpha value is -0.650. The normalized spacial score (nSPS) is 17.8. The van der Waals surface area contributed by atoms with Crippen LogP contribution in [0, 0.1) is 5.92 Å². The molecule has 0 aliphatic carbocycles. The van der Waals surface area contributed by atoms with Gasteiger partial charge in [-0.3, -0.25) is 4.79 Å². The summed E-state index contributed by atoms with van der Waals surface area (Å²) in [6.07, 6.45) is 3.06. The Morgan fingerprint density at radius 1 is 1.38 bits per heavy atom. The quantitative estimate of drug-likeness (QED) is 0.674. The first-order chi connectivity index (χ1) is 10.1. The zero-order valence-corrected chi connectivity index (χ0v) is 14.4. The van der Waals surface area contributed by atoms with Crippen molar-refractivity contribution >= 4 is 5.91 Å². The van der Waals surface area contributed by atoms with E-state index in [1.165, 1.54) is 0 Å². The molecule has 5 nitrogen and oxygen atoms in total. The molecule has 1 saturated heterocycles. The second-order valence-electron chi connectivity index (χ2n) is 5.39. The van der Waals surface area contributed by atoms with Crippen molar-refractivity contribution in [1.82, 2.24) is 10.2 Å². The SMILES string of the molecule is CC.CCC(C)C(=O)NCCOCCN1CCC(N)CC1.[HH].[HH]. The highest BCUT2D eigenvalue weighted by Crippen LogP contribution is 2.07. The van der Waals surface area contributed by atoms with E-state index in [1.54, 1.807) is 0 Å². The molecule has 21 heavy (non-hydrogen) atoms. The molecule has 5 heteroatoms. The van der Waals surface area contributed by atoms with Crippen LogP contribution in [0.5, 0.6) is 0 Å².